The molecule has 0 aromatic carbocycles. The second-order valence-corrected chi connectivity index (χ2v) is 5.08. The van der Waals surface area contributed by atoms with Crippen LogP contribution in [0.15, 0.2) is 11.1 Å². The summed E-state index contributed by atoms with van der Waals surface area (Å²) < 4.78 is 5.21. The fourth-order valence-corrected chi connectivity index (χ4v) is 2.19. The number of carbonyl (C=O) groups excluding carboxylic acids is 2. The summed E-state index contributed by atoms with van der Waals surface area (Å²) in [4.78, 5) is 22.4. The van der Waals surface area contributed by atoms with Crippen molar-refractivity contribution in [1.82, 2.24) is 0 Å². The van der Waals surface area contributed by atoms with Gasteiger partial charge in [-0.25, -0.2) is 4.79 Å². The number of allylic oxidation sites excluding steroid dienone is 1. The predicted octanol–water partition coefficient (Wildman–Crippen LogP) is 2.27. The van der Waals surface area contributed by atoms with E-state index in [-0.39, 0.29) is 10.7 Å². The topological polar surface area (TPSA) is 43.4 Å². The lowest BCUT2D eigenvalue weighted by molar-refractivity contribution is -0.147. The van der Waals surface area contributed by atoms with E-state index in [2.05, 4.69) is 0 Å². The molecule has 14 heavy (non-hydrogen) atoms. The number of rotatable bonds is 1. The lowest BCUT2D eigenvalue weighted by atomic mass is 10.1. The number of thioether (sulfide) groups is 1. The van der Waals surface area contributed by atoms with E-state index in [1.54, 1.807) is 20.8 Å². The zero-order chi connectivity index (χ0) is 10.9. The first-order valence-corrected chi connectivity index (χ1v) is 5.35. The van der Waals surface area contributed by atoms with Crippen molar-refractivity contribution in [1.29, 1.82) is 0 Å². The van der Waals surface area contributed by atoms with E-state index < -0.39 is 10.9 Å². The minimum absolute atomic E-state index is 0.175. The van der Waals surface area contributed by atoms with Crippen LogP contribution in [0, 0.1) is 0 Å². The number of hydrogen-bond donors (Lipinski definition) is 0. The third kappa shape index (κ3) is 2.00. The molecule has 0 amide bonds. The van der Waals surface area contributed by atoms with Gasteiger partial charge in [-0.3, -0.25) is 4.79 Å². The van der Waals surface area contributed by atoms with Gasteiger partial charge in [0.1, 0.15) is 5.57 Å². The maximum Gasteiger partial charge on any atom is 0.344 e. The van der Waals surface area contributed by atoms with E-state index in [1.807, 2.05) is 6.92 Å². The molecule has 1 heterocycles. The molecule has 1 aliphatic heterocycles. The van der Waals surface area contributed by atoms with Crippen molar-refractivity contribution >= 4 is 22.8 Å². The lowest BCUT2D eigenvalue weighted by Gasteiger charge is -2.31. The van der Waals surface area contributed by atoms with Crippen molar-refractivity contribution in [2.45, 2.75) is 39.0 Å². The summed E-state index contributed by atoms with van der Waals surface area (Å²) in [5.41, 5.74) is 0.909. The minimum atomic E-state index is -0.687. The van der Waals surface area contributed by atoms with Crippen LogP contribution < -0.4 is 0 Å². The van der Waals surface area contributed by atoms with Crippen LogP contribution >= 0.6 is 11.8 Å². The van der Waals surface area contributed by atoms with Crippen molar-refractivity contribution < 1.29 is 14.3 Å². The Labute approximate surface area is 87.9 Å². The summed E-state index contributed by atoms with van der Waals surface area (Å²) in [6.07, 6.45) is 0.630. The van der Waals surface area contributed by atoms with Gasteiger partial charge in [0.25, 0.3) is 0 Å². The lowest BCUT2D eigenvalue weighted by Crippen LogP contribution is -2.36. The van der Waals surface area contributed by atoms with E-state index in [4.69, 9.17) is 4.74 Å². The minimum Gasteiger partial charge on any atom is -0.444 e. The highest BCUT2D eigenvalue weighted by molar-refractivity contribution is 8.15. The van der Waals surface area contributed by atoms with Gasteiger partial charge in [-0.1, -0.05) is 12.5 Å². The fourth-order valence-electron chi connectivity index (χ4n) is 1.15. The zero-order valence-electron chi connectivity index (χ0n) is 8.84. The van der Waals surface area contributed by atoms with E-state index in [0.29, 0.717) is 12.0 Å². The summed E-state index contributed by atoms with van der Waals surface area (Å²) in [5, 5.41) is -0.175. The molecule has 1 aliphatic rings. The van der Waals surface area contributed by atoms with Crippen LogP contribution in [-0.4, -0.2) is 16.0 Å². The molecule has 0 aliphatic carbocycles. The van der Waals surface area contributed by atoms with Gasteiger partial charge in [-0.05, 0) is 39.0 Å². The second-order valence-electron chi connectivity index (χ2n) is 3.64. The van der Waals surface area contributed by atoms with Gasteiger partial charge in [0.15, 0.2) is 4.93 Å². The zero-order valence-corrected chi connectivity index (χ0v) is 9.66. The molecular weight excluding hydrogens is 200 g/mol. The first-order valence-electron chi connectivity index (χ1n) is 4.54. The van der Waals surface area contributed by atoms with Crippen LogP contribution in [0.1, 0.15) is 34.1 Å². The van der Waals surface area contributed by atoms with Crippen LogP contribution in [0.4, 0.5) is 0 Å². The molecule has 0 radical (unpaired) electrons. The van der Waals surface area contributed by atoms with Gasteiger partial charge in [0.2, 0.25) is 5.12 Å². The third-order valence-electron chi connectivity index (χ3n) is 2.17. The first-order chi connectivity index (χ1) is 6.39. The highest BCUT2D eigenvalue weighted by atomic mass is 32.2. The van der Waals surface area contributed by atoms with E-state index in [1.165, 1.54) is 0 Å². The Morgan fingerprint density at radius 3 is 2.36 bits per heavy atom. The summed E-state index contributed by atoms with van der Waals surface area (Å²) in [6.45, 7) is 7.13. The molecule has 0 aromatic heterocycles. The monoisotopic (exact) mass is 214 g/mol. The van der Waals surface area contributed by atoms with Crippen molar-refractivity contribution in [3.8, 4) is 0 Å². The molecule has 1 atom stereocenters. The maximum atomic E-state index is 11.6. The number of cyclic esters (lactones) is 1. The Hall–Kier alpha value is -0.770. The van der Waals surface area contributed by atoms with Crippen molar-refractivity contribution in [3.63, 3.8) is 0 Å². The van der Waals surface area contributed by atoms with Crippen LogP contribution in [0.3, 0.4) is 0 Å². The molecule has 0 N–H and O–H groups in total. The van der Waals surface area contributed by atoms with E-state index >= 15 is 0 Å². The average molecular weight is 214 g/mol. The Kier molecular flexibility index (Phi) is 3.04. The fraction of sp³-hybridized carbons (Fsp3) is 0.600. The van der Waals surface area contributed by atoms with Crippen LogP contribution in [-0.2, 0) is 14.3 Å². The van der Waals surface area contributed by atoms with E-state index in [0.717, 1.165) is 11.8 Å². The van der Waals surface area contributed by atoms with E-state index in [9.17, 15) is 9.59 Å². The van der Waals surface area contributed by atoms with Crippen LogP contribution in [0.25, 0.3) is 0 Å². The Bertz CT molecular complexity index is 293. The number of carbonyl (C=O) groups is 2. The molecule has 1 unspecified atom stereocenters. The standard InChI is InChI=1S/C10H14O3S/c1-5-10(4)13-8(11)7(6(2)3)9(12)14-10/h5H2,1-4H3. The van der Waals surface area contributed by atoms with Gasteiger partial charge >= 0.3 is 5.97 Å². The average Bonchev–Trinajstić information content (AvgIpc) is 2.01. The Morgan fingerprint density at radius 1 is 1.43 bits per heavy atom. The van der Waals surface area contributed by atoms with Gasteiger partial charge in [0, 0.05) is 0 Å². The van der Waals surface area contributed by atoms with Crippen LogP contribution in [0.5, 0.6) is 0 Å². The largest absolute Gasteiger partial charge is 0.444 e. The SMILES string of the molecule is CCC1(C)OC(=O)C(=C(C)C)C(=O)S1. The van der Waals surface area contributed by atoms with Crippen molar-refractivity contribution in [3.05, 3.63) is 11.1 Å². The van der Waals surface area contributed by atoms with Crippen molar-refractivity contribution in [2.75, 3.05) is 0 Å². The Balaban J connectivity index is 3.02. The van der Waals surface area contributed by atoms with Gasteiger partial charge in [-0.15, -0.1) is 0 Å². The molecular formula is C10H14O3S. The molecule has 4 heteroatoms. The normalized spacial score (nSPS) is 27.6. The first kappa shape index (κ1) is 11.3. The highest BCUT2D eigenvalue weighted by Gasteiger charge is 2.40. The molecule has 1 fully saturated rings. The van der Waals surface area contributed by atoms with Crippen molar-refractivity contribution in [2.24, 2.45) is 0 Å². The summed E-state index contributed by atoms with van der Waals surface area (Å²) in [6, 6.07) is 0. The molecule has 78 valence electrons. The van der Waals surface area contributed by atoms with Gasteiger partial charge in [0.05, 0.1) is 0 Å². The Morgan fingerprint density at radius 2 is 2.00 bits per heavy atom. The smallest absolute Gasteiger partial charge is 0.344 e. The molecule has 3 nitrogen and oxygen atoms in total. The molecule has 0 aromatic rings. The maximum absolute atomic E-state index is 11.6. The second kappa shape index (κ2) is 3.77. The summed E-state index contributed by atoms with van der Waals surface area (Å²) in [7, 11) is 0. The quantitative estimate of drug-likeness (QED) is 0.381. The molecule has 0 saturated carbocycles. The summed E-state index contributed by atoms with van der Waals surface area (Å²) in [5.74, 6) is -0.488. The molecule has 1 rings (SSSR count). The number of ether oxygens (including phenoxy) is 1. The van der Waals surface area contributed by atoms with Gasteiger partial charge < -0.3 is 4.74 Å². The number of hydrogen-bond acceptors (Lipinski definition) is 4. The predicted molar refractivity (Wildman–Crippen MR) is 55.8 cm³/mol. The highest BCUT2D eigenvalue weighted by Crippen LogP contribution is 2.38. The molecule has 1 saturated heterocycles. The van der Waals surface area contributed by atoms with Crippen LogP contribution in [0.2, 0.25) is 0 Å². The third-order valence-corrected chi connectivity index (χ3v) is 3.36. The summed E-state index contributed by atoms with van der Waals surface area (Å²) >= 11 is 1.09. The molecule has 0 bridgehead atoms. The van der Waals surface area contributed by atoms with Gasteiger partial charge in [-0.2, -0.15) is 0 Å². The number of esters is 1. The molecule has 0 spiro atoms.